The van der Waals surface area contributed by atoms with Crippen molar-refractivity contribution in [3.05, 3.63) is 35.7 Å². The van der Waals surface area contributed by atoms with E-state index in [0.29, 0.717) is 5.69 Å². The van der Waals surface area contributed by atoms with Crippen molar-refractivity contribution in [2.75, 3.05) is 25.0 Å². The van der Waals surface area contributed by atoms with E-state index in [1.54, 1.807) is 12.3 Å². The zero-order chi connectivity index (χ0) is 11.9. The van der Waals surface area contributed by atoms with Gasteiger partial charge in [-0.05, 0) is 31.5 Å². The Bertz CT molecular complexity index is 428. The second-order valence-electron chi connectivity index (χ2n) is 4.04. The molecule has 0 atom stereocenters. The van der Waals surface area contributed by atoms with Gasteiger partial charge in [0.15, 0.2) is 0 Å². The van der Waals surface area contributed by atoms with Gasteiger partial charge in [-0.1, -0.05) is 11.6 Å². The van der Waals surface area contributed by atoms with Crippen LogP contribution in [-0.4, -0.2) is 24.6 Å². The minimum absolute atomic E-state index is 0.455. The van der Waals surface area contributed by atoms with Gasteiger partial charge in [0.2, 0.25) is 0 Å². The molecule has 2 rings (SSSR count). The standard InChI is InChI=1S/C13H16N4/c14-9-12-1-2-13(10-17-12)16-8-5-11-3-6-15-7-4-11/h1-3,10,15-16H,4-8H2. The van der Waals surface area contributed by atoms with Crippen LogP contribution in [0.4, 0.5) is 5.69 Å². The maximum absolute atomic E-state index is 8.63. The Morgan fingerprint density at radius 3 is 3.06 bits per heavy atom. The Morgan fingerprint density at radius 1 is 1.47 bits per heavy atom. The van der Waals surface area contributed by atoms with E-state index in [1.807, 2.05) is 12.1 Å². The zero-order valence-corrected chi connectivity index (χ0v) is 9.74. The fourth-order valence-corrected chi connectivity index (χ4v) is 1.83. The van der Waals surface area contributed by atoms with Crippen molar-refractivity contribution >= 4 is 5.69 Å². The molecule has 0 radical (unpaired) electrons. The number of nitrogens with zero attached hydrogens (tertiary/aromatic N) is 2. The molecule has 0 unspecified atom stereocenters. The molecule has 4 nitrogen and oxygen atoms in total. The molecule has 0 aliphatic carbocycles. The molecule has 1 aromatic rings. The molecule has 0 aromatic carbocycles. The largest absolute Gasteiger partial charge is 0.383 e. The molecule has 1 aliphatic rings. The van der Waals surface area contributed by atoms with E-state index in [1.165, 1.54) is 5.57 Å². The lowest BCUT2D eigenvalue weighted by atomic mass is 10.1. The van der Waals surface area contributed by atoms with Gasteiger partial charge < -0.3 is 10.6 Å². The fraction of sp³-hybridized carbons (Fsp3) is 0.385. The van der Waals surface area contributed by atoms with Crippen molar-refractivity contribution in [1.29, 1.82) is 5.26 Å². The average Bonchev–Trinajstić information content (AvgIpc) is 2.41. The maximum atomic E-state index is 8.63. The molecule has 2 heterocycles. The van der Waals surface area contributed by atoms with Crippen LogP contribution in [0, 0.1) is 11.3 Å². The van der Waals surface area contributed by atoms with Crippen molar-refractivity contribution in [3.8, 4) is 6.07 Å². The molecule has 88 valence electrons. The third kappa shape index (κ3) is 3.58. The van der Waals surface area contributed by atoms with Crippen molar-refractivity contribution in [1.82, 2.24) is 10.3 Å². The van der Waals surface area contributed by atoms with Gasteiger partial charge in [-0.2, -0.15) is 5.26 Å². The first-order chi connectivity index (χ1) is 8.38. The molecular weight excluding hydrogens is 212 g/mol. The SMILES string of the molecule is N#Cc1ccc(NCCC2=CCNCC2)cn1. The summed E-state index contributed by atoms with van der Waals surface area (Å²) in [4.78, 5) is 4.01. The Hall–Kier alpha value is -1.86. The highest BCUT2D eigenvalue weighted by molar-refractivity contribution is 5.42. The lowest BCUT2D eigenvalue weighted by molar-refractivity contribution is 0.683. The van der Waals surface area contributed by atoms with Crippen molar-refractivity contribution in [2.24, 2.45) is 0 Å². The van der Waals surface area contributed by atoms with Crippen molar-refractivity contribution < 1.29 is 0 Å². The second kappa shape index (κ2) is 6.02. The summed E-state index contributed by atoms with van der Waals surface area (Å²) in [7, 11) is 0. The second-order valence-corrected chi connectivity index (χ2v) is 4.04. The topological polar surface area (TPSA) is 60.7 Å². The van der Waals surface area contributed by atoms with Crippen LogP contribution in [0.15, 0.2) is 30.0 Å². The Morgan fingerprint density at radius 2 is 2.41 bits per heavy atom. The van der Waals surface area contributed by atoms with Gasteiger partial charge in [-0.25, -0.2) is 4.98 Å². The lowest BCUT2D eigenvalue weighted by Gasteiger charge is -2.14. The molecule has 0 saturated carbocycles. The smallest absolute Gasteiger partial charge is 0.140 e. The molecule has 4 heteroatoms. The fourth-order valence-electron chi connectivity index (χ4n) is 1.83. The molecule has 0 fully saturated rings. The molecule has 2 N–H and O–H groups in total. The van der Waals surface area contributed by atoms with Crippen LogP contribution in [-0.2, 0) is 0 Å². The van der Waals surface area contributed by atoms with Crippen molar-refractivity contribution in [3.63, 3.8) is 0 Å². The summed E-state index contributed by atoms with van der Waals surface area (Å²) in [6, 6.07) is 5.63. The Kier molecular flexibility index (Phi) is 4.11. The minimum Gasteiger partial charge on any atom is -0.383 e. The first-order valence-corrected chi connectivity index (χ1v) is 5.87. The van der Waals surface area contributed by atoms with Crippen molar-refractivity contribution in [2.45, 2.75) is 12.8 Å². The normalized spacial score (nSPS) is 14.9. The monoisotopic (exact) mass is 228 g/mol. The van der Waals surface area contributed by atoms with E-state index >= 15 is 0 Å². The summed E-state index contributed by atoms with van der Waals surface area (Å²) in [5.41, 5.74) is 2.94. The van der Waals surface area contributed by atoms with Gasteiger partial charge in [-0.3, -0.25) is 0 Å². The maximum Gasteiger partial charge on any atom is 0.140 e. The van der Waals surface area contributed by atoms with Crippen LogP contribution in [0.3, 0.4) is 0 Å². The molecule has 1 aliphatic heterocycles. The summed E-state index contributed by atoms with van der Waals surface area (Å²) >= 11 is 0. The summed E-state index contributed by atoms with van der Waals surface area (Å²) < 4.78 is 0. The van der Waals surface area contributed by atoms with Gasteiger partial charge in [0.05, 0.1) is 11.9 Å². The first kappa shape index (κ1) is 11.6. The van der Waals surface area contributed by atoms with Crippen LogP contribution in [0.1, 0.15) is 18.5 Å². The molecule has 0 amide bonds. The average molecular weight is 228 g/mol. The number of hydrogen-bond acceptors (Lipinski definition) is 4. The summed E-state index contributed by atoms with van der Waals surface area (Å²) in [6.45, 7) is 3.00. The Balaban J connectivity index is 1.77. The molecule has 0 saturated heterocycles. The number of nitriles is 1. The number of hydrogen-bond donors (Lipinski definition) is 2. The van der Waals surface area contributed by atoms with E-state index in [2.05, 4.69) is 21.7 Å². The summed E-state index contributed by atoms with van der Waals surface area (Å²) in [5.74, 6) is 0. The van der Waals surface area contributed by atoms with Gasteiger partial charge in [-0.15, -0.1) is 0 Å². The zero-order valence-electron chi connectivity index (χ0n) is 9.74. The lowest BCUT2D eigenvalue weighted by Crippen LogP contribution is -2.21. The highest BCUT2D eigenvalue weighted by Crippen LogP contribution is 2.11. The van der Waals surface area contributed by atoms with Crippen LogP contribution in [0.5, 0.6) is 0 Å². The van der Waals surface area contributed by atoms with E-state index in [4.69, 9.17) is 5.26 Å². The third-order valence-corrected chi connectivity index (χ3v) is 2.81. The number of aromatic nitrogens is 1. The highest BCUT2D eigenvalue weighted by Gasteiger charge is 2.02. The van der Waals surface area contributed by atoms with Crippen LogP contribution in [0.2, 0.25) is 0 Å². The number of rotatable bonds is 4. The predicted molar refractivity (Wildman–Crippen MR) is 67.6 cm³/mol. The van der Waals surface area contributed by atoms with Crippen LogP contribution < -0.4 is 10.6 Å². The first-order valence-electron chi connectivity index (χ1n) is 5.87. The summed E-state index contributed by atoms with van der Waals surface area (Å²) in [5, 5.41) is 15.2. The van der Waals surface area contributed by atoms with E-state index in [9.17, 15) is 0 Å². The van der Waals surface area contributed by atoms with Gasteiger partial charge in [0.25, 0.3) is 0 Å². The van der Waals surface area contributed by atoms with Gasteiger partial charge in [0.1, 0.15) is 11.8 Å². The molecular formula is C13H16N4. The third-order valence-electron chi connectivity index (χ3n) is 2.81. The molecule has 0 bridgehead atoms. The molecule has 1 aromatic heterocycles. The van der Waals surface area contributed by atoms with E-state index < -0.39 is 0 Å². The van der Waals surface area contributed by atoms with Crippen LogP contribution in [0.25, 0.3) is 0 Å². The van der Waals surface area contributed by atoms with Gasteiger partial charge in [0, 0.05) is 13.1 Å². The summed E-state index contributed by atoms with van der Waals surface area (Å²) in [6.07, 6.45) is 6.19. The quantitative estimate of drug-likeness (QED) is 0.770. The molecule has 17 heavy (non-hydrogen) atoms. The highest BCUT2D eigenvalue weighted by atomic mass is 14.9. The number of anilines is 1. The molecule has 0 spiro atoms. The predicted octanol–water partition coefficient (Wildman–Crippen LogP) is 1.67. The van der Waals surface area contributed by atoms with Crippen LogP contribution >= 0.6 is 0 Å². The Labute approximate surface area is 101 Å². The number of pyridine rings is 1. The number of nitrogens with one attached hydrogen (secondary N) is 2. The van der Waals surface area contributed by atoms with E-state index in [-0.39, 0.29) is 0 Å². The minimum atomic E-state index is 0.455. The van der Waals surface area contributed by atoms with Gasteiger partial charge >= 0.3 is 0 Å². The van der Waals surface area contributed by atoms with E-state index in [0.717, 1.165) is 38.2 Å².